The molecule has 3 amide bonds. The monoisotopic (exact) mass is 360 g/mol. The molecule has 2 atom stereocenters. The molecule has 2 unspecified atom stereocenters. The maximum atomic E-state index is 12.4. The third-order valence-corrected chi connectivity index (χ3v) is 4.78. The van der Waals surface area contributed by atoms with Crippen molar-refractivity contribution in [2.45, 2.75) is 51.0 Å². The van der Waals surface area contributed by atoms with E-state index in [2.05, 4.69) is 10.8 Å². The first-order valence-corrected chi connectivity index (χ1v) is 8.83. The summed E-state index contributed by atoms with van der Waals surface area (Å²) in [6, 6.07) is 8.60. The summed E-state index contributed by atoms with van der Waals surface area (Å²) in [5, 5.41) is 2.34. The van der Waals surface area contributed by atoms with Crippen molar-refractivity contribution in [2.24, 2.45) is 5.92 Å². The van der Waals surface area contributed by atoms with E-state index < -0.39 is 23.3 Å². The number of hydrogen-bond acceptors (Lipinski definition) is 5. The van der Waals surface area contributed by atoms with Crippen LogP contribution in [-0.4, -0.2) is 29.6 Å². The summed E-state index contributed by atoms with van der Waals surface area (Å²) in [6.07, 6.45) is 3.12. The highest BCUT2D eigenvalue weighted by atomic mass is 16.7. The first-order chi connectivity index (χ1) is 12.5. The topological polar surface area (TPSA) is 102 Å². The summed E-state index contributed by atoms with van der Waals surface area (Å²) in [5.74, 6) is -1.69. The van der Waals surface area contributed by atoms with Gasteiger partial charge in [-0.3, -0.25) is 24.5 Å². The summed E-state index contributed by atoms with van der Waals surface area (Å²) in [6.45, 7) is 1.86. The molecule has 1 fully saturated rings. The average molecular weight is 360 g/mol. The minimum atomic E-state index is -0.974. The third kappa shape index (κ3) is 4.76. The van der Waals surface area contributed by atoms with Gasteiger partial charge in [0.05, 0.1) is 5.92 Å². The fourth-order valence-electron chi connectivity index (χ4n) is 3.27. The van der Waals surface area contributed by atoms with Crippen LogP contribution in [0.5, 0.6) is 0 Å². The Bertz CT molecular complexity index is 661. The zero-order valence-electron chi connectivity index (χ0n) is 14.8. The summed E-state index contributed by atoms with van der Waals surface area (Å²) < 4.78 is 0. The number of imide groups is 1. The Morgan fingerprint density at radius 3 is 2.69 bits per heavy atom. The highest BCUT2D eigenvalue weighted by molar-refractivity contribution is 5.99. The number of amides is 3. The highest BCUT2D eigenvalue weighted by Crippen LogP contribution is 2.35. The number of aldehydes is 1. The number of nitrogens with one attached hydrogen (secondary N) is 2. The van der Waals surface area contributed by atoms with E-state index in [0.29, 0.717) is 37.7 Å². The largest absolute Gasteiger partial charge is 0.303 e. The quantitative estimate of drug-likeness (QED) is 0.303. The summed E-state index contributed by atoms with van der Waals surface area (Å²) in [5.41, 5.74) is 1.92. The Morgan fingerprint density at radius 1 is 1.35 bits per heavy atom. The predicted octanol–water partition coefficient (Wildman–Crippen LogP) is 1.92. The molecule has 0 radical (unpaired) electrons. The van der Waals surface area contributed by atoms with E-state index in [9.17, 15) is 19.2 Å². The van der Waals surface area contributed by atoms with E-state index in [1.165, 1.54) is 0 Å². The van der Waals surface area contributed by atoms with Gasteiger partial charge >= 0.3 is 0 Å². The first kappa shape index (κ1) is 19.8. The van der Waals surface area contributed by atoms with E-state index in [4.69, 9.17) is 4.84 Å². The second-order valence-corrected chi connectivity index (χ2v) is 6.38. The van der Waals surface area contributed by atoms with Gasteiger partial charge in [0.15, 0.2) is 0 Å². The molecule has 0 aliphatic carbocycles. The van der Waals surface area contributed by atoms with Crippen LogP contribution in [0, 0.1) is 5.92 Å². The minimum absolute atomic E-state index is 0.224. The van der Waals surface area contributed by atoms with Crippen LogP contribution in [0.15, 0.2) is 30.3 Å². The van der Waals surface area contributed by atoms with Crippen molar-refractivity contribution in [3.63, 3.8) is 0 Å². The third-order valence-electron chi connectivity index (χ3n) is 4.78. The van der Waals surface area contributed by atoms with E-state index in [0.717, 1.165) is 6.29 Å². The molecule has 1 aromatic carbocycles. The van der Waals surface area contributed by atoms with E-state index in [-0.39, 0.29) is 12.3 Å². The molecule has 1 aromatic rings. The van der Waals surface area contributed by atoms with Gasteiger partial charge in [-0.05, 0) is 37.8 Å². The van der Waals surface area contributed by atoms with Gasteiger partial charge in [0, 0.05) is 18.4 Å². The number of piperidine rings is 1. The summed E-state index contributed by atoms with van der Waals surface area (Å²) >= 11 is 0. The van der Waals surface area contributed by atoms with Crippen LogP contribution in [0.1, 0.15) is 55.8 Å². The van der Waals surface area contributed by atoms with Crippen LogP contribution >= 0.6 is 0 Å². The Kier molecular flexibility index (Phi) is 7.03. The number of carbonyl (C=O) groups excluding carboxylic acids is 4. The van der Waals surface area contributed by atoms with Crippen LogP contribution in [0.25, 0.3) is 0 Å². The van der Waals surface area contributed by atoms with E-state index in [1.54, 1.807) is 30.3 Å². The molecule has 140 valence electrons. The number of unbranched alkanes of at least 4 members (excludes halogenated alkanes) is 1. The Hall–Kier alpha value is -2.54. The molecule has 0 aromatic heterocycles. The fraction of sp³-hybridized carbons (Fsp3) is 0.474. The van der Waals surface area contributed by atoms with Gasteiger partial charge < -0.3 is 4.79 Å². The number of rotatable bonds is 9. The Balaban J connectivity index is 2.16. The maximum Gasteiger partial charge on any atom is 0.274 e. The van der Waals surface area contributed by atoms with E-state index >= 15 is 0 Å². The Morgan fingerprint density at radius 2 is 2.08 bits per heavy atom. The molecular formula is C19H24N2O5. The molecule has 2 N–H and O–H groups in total. The van der Waals surface area contributed by atoms with Crippen molar-refractivity contribution >= 4 is 24.0 Å². The number of benzene rings is 1. The maximum absolute atomic E-state index is 12.4. The van der Waals surface area contributed by atoms with Gasteiger partial charge in [0.1, 0.15) is 11.9 Å². The van der Waals surface area contributed by atoms with Gasteiger partial charge in [-0.15, -0.1) is 0 Å². The van der Waals surface area contributed by atoms with Crippen LogP contribution in [0.4, 0.5) is 0 Å². The molecule has 7 heteroatoms. The van der Waals surface area contributed by atoms with Gasteiger partial charge in [-0.2, -0.15) is 0 Å². The molecule has 0 bridgehead atoms. The minimum Gasteiger partial charge on any atom is -0.303 e. The van der Waals surface area contributed by atoms with Crippen molar-refractivity contribution in [3.05, 3.63) is 35.9 Å². The van der Waals surface area contributed by atoms with Crippen molar-refractivity contribution in [1.82, 2.24) is 10.8 Å². The highest BCUT2D eigenvalue weighted by Gasteiger charge is 2.45. The van der Waals surface area contributed by atoms with Crippen molar-refractivity contribution in [3.8, 4) is 0 Å². The van der Waals surface area contributed by atoms with Gasteiger partial charge in [0.25, 0.3) is 5.91 Å². The molecule has 26 heavy (non-hydrogen) atoms. The SMILES string of the molecule is CCC(CCCC=O)(ONC(=O)c1ccccc1)C1CCC(=O)NC1=O. The predicted molar refractivity (Wildman–Crippen MR) is 93.8 cm³/mol. The molecule has 0 saturated carbocycles. The lowest BCUT2D eigenvalue weighted by Crippen LogP contribution is -2.55. The fourth-order valence-corrected chi connectivity index (χ4v) is 3.27. The van der Waals surface area contributed by atoms with Crippen molar-refractivity contribution < 1.29 is 24.0 Å². The lowest BCUT2D eigenvalue weighted by molar-refractivity contribution is -0.163. The lowest BCUT2D eigenvalue weighted by atomic mass is 9.76. The number of hydroxylamine groups is 1. The molecule has 0 spiro atoms. The standard InChI is InChI=1S/C19H24N2O5/c1-2-19(12-6-7-13-22,15-10-11-16(23)20-18(15)25)26-21-17(24)14-8-4-3-5-9-14/h3-5,8-9,13,15H,2,6-7,10-12H2,1H3,(H,21,24)(H,20,23,25). The van der Waals surface area contributed by atoms with Gasteiger partial charge in [0.2, 0.25) is 11.8 Å². The average Bonchev–Trinajstić information content (AvgIpc) is 2.65. The van der Waals surface area contributed by atoms with Crippen LogP contribution in [-0.2, 0) is 19.2 Å². The smallest absolute Gasteiger partial charge is 0.274 e. The molecular weight excluding hydrogens is 336 g/mol. The molecule has 2 rings (SSSR count). The van der Waals surface area contributed by atoms with Crippen LogP contribution < -0.4 is 10.8 Å². The van der Waals surface area contributed by atoms with Gasteiger partial charge in [-0.1, -0.05) is 25.1 Å². The first-order valence-electron chi connectivity index (χ1n) is 8.83. The molecule has 7 nitrogen and oxygen atoms in total. The van der Waals surface area contributed by atoms with Crippen molar-refractivity contribution in [2.75, 3.05) is 0 Å². The number of hydrogen-bond donors (Lipinski definition) is 2. The lowest BCUT2D eigenvalue weighted by Gasteiger charge is -2.40. The van der Waals surface area contributed by atoms with E-state index in [1.807, 2.05) is 6.92 Å². The zero-order valence-corrected chi connectivity index (χ0v) is 14.8. The van der Waals surface area contributed by atoms with Crippen molar-refractivity contribution in [1.29, 1.82) is 0 Å². The Labute approximate surface area is 152 Å². The summed E-state index contributed by atoms with van der Waals surface area (Å²) in [4.78, 5) is 52.6. The summed E-state index contributed by atoms with van der Waals surface area (Å²) in [7, 11) is 0. The molecule has 1 aliphatic rings. The number of carbonyl (C=O) groups is 4. The van der Waals surface area contributed by atoms with Crippen LogP contribution in [0.3, 0.4) is 0 Å². The molecule has 1 aliphatic heterocycles. The second kappa shape index (κ2) is 9.24. The van der Waals surface area contributed by atoms with Gasteiger partial charge in [-0.25, -0.2) is 5.48 Å². The molecule has 1 saturated heterocycles. The second-order valence-electron chi connectivity index (χ2n) is 6.38. The van der Waals surface area contributed by atoms with Crippen LogP contribution in [0.2, 0.25) is 0 Å². The normalized spacial score (nSPS) is 19.3. The molecule has 1 heterocycles. The zero-order chi connectivity index (χ0) is 19.0.